The van der Waals surface area contributed by atoms with Crippen LogP contribution in [0.5, 0.6) is 0 Å². The lowest BCUT2D eigenvalue weighted by Gasteiger charge is -2.35. The van der Waals surface area contributed by atoms with Crippen LogP contribution in [0.1, 0.15) is 40.0 Å². The minimum Gasteiger partial charge on any atom is -0.465 e. The van der Waals surface area contributed by atoms with Gasteiger partial charge in [-0.15, -0.1) is 0 Å². The van der Waals surface area contributed by atoms with E-state index in [4.69, 9.17) is 4.74 Å². The van der Waals surface area contributed by atoms with Gasteiger partial charge < -0.3 is 10.1 Å². The fraction of sp³-hybridized carbons (Fsp3) is 0.909. The third-order valence-electron chi connectivity index (χ3n) is 2.79. The van der Waals surface area contributed by atoms with Gasteiger partial charge in [0.05, 0.1) is 6.61 Å². The molecule has 0 radical (unpaired) electrons. The van der Waals surface area contributed by atoms with Gasteiger partial charge in [-0.2, -0.15) is 0 Å². The number of ether oxygens (including phenoxy) is 1. The van der Waals surface area contributed by atoms with Crippen LogP contribution in [0.4, 0.5) is 0 Å². The summed E-state index contributed by atoms with van der Waals surface area (Å²) in [6.07, 6.45) is 3.19. The number of carbonyl (C=O) groups is 1. The summed E-state index contributed by atoms with van der Waals surface area (Å²) in [4.78, 5) is 11.4. The topological polar surface area (TPSA) is 38.3 Å². The van der Waals surface area contributed by atoms with Crippen molar-refractivity contribution in [1.82, 2.24) is 5.32 Å². The Kier molecular flexibility index (Phi) is 4.39. The molecule has 1 atom stereocenters. The maximum Gasteiger partial charge on any atom is 0.323 e. The Morgan fingerprint density at radius 2 is 2.14 bits per heavy atom. The Morgan fingerprint density at radius 3 is 2.57 bits per heavy atom. The first kappa shape index (κ1) is 11.5. The highest BCUT2D eigenvalue weighted by atomic mass is 16.5. The predicted molar refractivity (Wildman–Crippen MR) is 56.0 cm³/mol. The first-order valence-corrected chi connectivity index (χ1v) is 5.60. The van der Waals surface area contributed by atoms with E-state index in [9.17, 15) is 4.79 Å². The van der Waals surface area contributed by atoms with Crippen molar-refractivity contribution >= 4 is 5.97 Å². The number of hydrogen-bond donors (Lipinski definition) is 1. The van der Waals surface area contributed by atoms with Gasteiger partial charge in [-0.05, 0) is 32.1 Å². The van der Waals surface area contributed by atoms with Gasteiger partial charge in [-0.25, -0.2) is 0 Å². The fourth-order valence-corrected chi connectivity index (χ4v) is 1.92. The van der Waals surface area contributed by atoms with Gasteiger partial charge in [0.15, 0.2) is 0 Å². The largest absolute Gasteiger partial charge is 0.465 e. The minimum absolute atomic E-state index is 0.102. The highest BCUT2D eigenvalue weighted by Crippen LogP contribution is 2.26. The lowest BCUT2D eigenvalue weighted by molar-refractivity contribution is -0.146. The Labute approximate surface area is 86.2 Å². The number of nitrogens with one attached hydrogen (secondary N) is 1. The summed E-state index contributed by atoms with van der Waals surface area (Å²) < 4.78 is 4.99. The van der Waals surface area contributed by atoms with Crippen LogP contribution in [0.25, 0.3) is 0 Å². The zero-order valence-corrected chi connectivity index (χ0v) is 9.38. The summed E-state index contributed by atoms with van der Waals surface area (Å²) in [5.74, 6) is 0.710. The summed E-state index contributed by atoms with van der Waals surface area (Å²) in [7, 11) is 0. The summed E-state index contributed by atoms with van der Waals surface area (Å²) in [5, 5.41) is 3.34. The summed E-state index contributed by atoms with van der Waals surface area (Å²) >= 11 is 0. The van der Waals surface area contributed by atoms with Gasteiger partial charge in [0.25, 0.3) is 0 Å². The van der Waals surface area contributed by atoms with Gasteiger partial charge in [0, 0.05) is 6.04 Å². The SMILES string of the molecule is CCOC(=O)C(CC)NC1CC(C)C1. The Hall–Kier alpha value is -0.570. The zero-order chi connectivity index (χ0) is 10.6. The molecule has 0 bridgehead atoms. The Bertz CT molecular complexity index is 188. The van der Waals surface area contributed by atoms with Gasteiger partial charge in [0.1, 0.15) is 6.04 Å². The quantitative estimate of drug-likeness (QED) is 0.685. The first-order valence-electron chi connectivity index (χ1n) is 5.60. The number of rotatable bonds is 5. The monoisotopic (exact) mass is 199 g/mol. The average Bonchev–Trinajstić information content (AvgIpc) is 2.10. The average molecular weight is 199 g/mol. The third kappa shape index (κ3) is 2.98. The molecule has 0 spiro atoms. The van der Waals surface area contributed by atoms with Crippen LogP contribution in [0.3, 0.4) is 0 Å². The number of hydrogen-bond acceptors (Lipinski definition) is 3. The van der Waals surface area contributed by atoms with E-state index in [2.05, 4.69) is 12.2 Å². The van der Waals surface area contributed by atoms with E-state index >= 15 is 0 Å². The van der Waals surface area contributed by atoms with Crippen molar-refractivity contribution in [2.75, 3.05) is 6.61 Å². The van der Waals surface area contributed by atoms with Crippen molar-refractivity contribution < 1.29 is 9.53 Å². The molecule has 1 fully saturated rings. The Balaban J connectivity index is 2.27. The summed E-state index contributed by atoms with van der Waals surface area (Å²) in [6.45, 7) is 6.56. The number of carbonyl (C=O) groups excluding carboxylic acids is 1. The van der Waals surface area contributed by atoms with Crippen molar-refractivity contribution in [2.24, 2.45) is 5.92 Å². The van der Waals surface area contributed by atoms with Crippen LogP contribution in [0.15, 0.2) is 0 Å². The molecule has 3 heteroatoms. The van der Waals surface area contributed by atoms with E-state index in [1.54, 1.807) is 0 Å². The van der Waals surface area contributed by atoms with Gasteiger partial charge >= 0.3 is 5.97 Å². The Morgan fingerprint density at radius 1 is 1.50 bits per heavy atom. The molecule has 1 rings (SSSR count). The lowest BCUT2D eigenvalue weighted by Crippen LogP contribution is -2.49. The van der Waals surface area contributed by atoms with E-state index in [1.807, 2.05) is 13.8 Å². The lowest BCUT2D eigenvalue weighted by atomic mass is 9.81. The van der Waals surface area contributed by atoms with E-state index in [-0.39, 0.29) is 12.0 Å². The van der Waals surface area contributed by atoms with Crippen LogP contribution < -0.4 is 5.32 Å². The molecule has 0 heterocycles. The molecule has 0 aromatic carbocycles. The normalized spacial score (nSPS) is 27.9. The van der Waals surface area contributed by atoms with E-state index < -0.39 is 0 Å². The molecule has 1 aliphatic carbocycles. The highest BCUT2D eigenvalue weighted by Gasteiger charge is 2.29. The van der Waals surface area contributed by atoms with Crippen molar-refractivity contribution in [2.45, 2.75) is 52.1 Å². The second-order valence-corrected chi connectivity index (χ2v) is 4.15. The van der Waals surface area contributed by atoms with Crippen LogP contribution in [0.2, 0.25) is 0 Å². The minimum atomic E-state index is -0.104. The molecule has 3 nitrogen and oxygen atoms in total. The molecule has 0 saturated heterocycles. The van der Waals surface area contributed by atoms with Crippen molar-refractivity contribution in [3.8, 4) is 0 Å². The van der Waals surface area contributed by atoms with Gasteiger partial charge in [-0.1, -0.05) is 13.8 Å². The summed E-state index contributed by atoms with van der Waals surface area (Å²) in [5.41, 5.74) is 0. The molecule has 1 saturated carbocycles. The molecule has 14 heavy (non-hydrogen) atoms. The van der Waals surface area contributed by atoms with Gasteiger partial charge in [-0.3, -0.25) is 4.79 Å². The summed E-state index contributed by atoms with van der Waals surface area (Å²) in [6, 6.07) is 0.423. The molecule has 0 aromatic rings. The number of esters is 1. The molecule has 82 valence electrons. The molecule has 1 aliphatic rings. The zero-order valence-electron chi connectivity index (χ0n) is 9.38. The van der Waals surface area contributed by atoms with E-state index in [1.165, 1.54) is 12.8 Å². The molecule has 1 N–H and O–H groups in total. The molecular formula is C11H21NO2. The van der Waals surface area contributed by atoms with Crippen molar-refractivity contribution in [3.63, 3.8) is 0 Å². The van der Waals surface area contributed by atoms with E-state index in [0.717, 1.165) is 12.3 Å². The molecule has 0 aliphatic heterocycles. The highest BCUT2D eigenvalue weighted by molar-refractivity contribution is 5.75. The molecular weight excluding hydrogens is 178 g/mol. The molecule has 0 amide bonds. The van der Waals surface area contributed by atoms with Crippen LogP contribution in [-0.2, 0) is 9.53 Å². The van der Waals surface area contributed by atoms with Gasteiger partial charge in [0.2, 0.25) is 0 Å². The van der Waals surface area contributed by atoms with E-state index in [0.29, 0.717) is 12.6 Å². The predicted octanol–water partition coefficient (Wildman–Crippen LogP) is 1.72. The third-order valence-corrected chi connectivity index (χ3v) is 2.79. The second kappa shape index (κ2) is 5.35. The maximum absolute atomic E-state index is 11.4. The fourth-order valence-electron chi connectivity index (χ4n) is 1.92. The first-order chi connectivity index (χ1) is 6.67. The van der Waals surface area contributed by atoms with Crippen molar-refractivity contribution in [1.29, 1.82) is 0 Å². The standard InChI is InChI=1S/C11H21NO2/c1-4-10(11(13)14-5-2)12-9-6-8(3)7-9/h8-10,12H,4-7H2,1-3H3. The molecule has 0 aromatic heterocycles. The van der Waals surface area contributed by atoms with Crippen LogP contribution in [-0.4, -0.2) is 24.7 Å². The van der Waals surface area contributed by atoms with Crippen molar-refractivity contribution in [3.05, 3.63) is 0 Å². The second-order valence-electron chi connectivity index (χ2n) is 4.15. The van der Waals surface area contributed by atoms with Crippen LogP contribution >= 0.6 is 0 Å². The maximum atomic E-state index is 11.4. The van der Waals surface area contributed by atoms with Crippen LogP contribution in [0, 0.1) is 5.92 Å². The molecule has 1 unspecified atom stereocenters. The smallest absolute Gasteiger partial charge is 0.323 e.